The lowest BCUT2D eigenvalue weighted by atomic mass is 10.3. The van der Waals surface area contributed by atoms with Crippen LogP contribution in [0.1, 0.15) is 26.0 Å². The van der Waals surface area contributed by atoms with Crippen molar-refractivity contribution in [2.45, 2.75) is 20.3 Å². The molecule has 1 heterocycles. The van der Waals surface area contributed by atoms with E-state index in [4.69, 9.17) is 10.00 Å². The molecule has 104 valence electrons. The van der Waals surface area contributed by atoms with Crippen LogP contribution in [-0.2, 0) is 0 Å². The molecular weight excluding hydrogens is 254 g/mol. The molecule has 6 nitrogen and oxygen atoms in total. The fourth-order valence-corrected chi connectivity index (χ4v) is 1.70. The SMILES string of the molecule is CCCNc1nn(-c2ccc(OCC)cc2)nc1C#N. The van der Waals surface area contributed by atoms with Gasteiger partial charge in [-0.05, 0) is 37.6 Å². The molecule has 0 saturated heterocycles. The molecule has 1 aromatic heterocycles. The van der Waals surface area contributed by atoms with Gasteiger partial charge in [0.15, 0.2) is 5.82 Å². The van der Waals surface area contributed by atoms with E-state index >= 15 is 0 Å². The zero-order valence-corrected chi connectivity index (χ0v) is 11.6. The average Bonchev–Trinajstić information content (AvgIpc) is 2.89. The summed E-state index contributed by atoms with van der Waals surface area (Å²) >= 11 is 0. The molecule has 0 fully saturated rings. The number of nitrogens with one attached hydrogen (secondary N) is 1. The number of anilines is 1. The van der Waals surface area contributed by atoms with Crippen LogP contribution in [0.2, 0.25) is 0 Å². The molecule has 0 radical (unpaired) electrons. The molecule has 1 N–H and O–H groups in total. The summed E-state index contributed by atoms with van der Waals surface area (Å²) in [4.78, 5) is 1.45. The van der Waals surface area contributed by atoms with Crippen LogP contribution in [0.3, 0.4) is 0 Å². The van der Waals surface area contributed by atoms with Crippen molar-refractivity contribution < 1.29 is 4.74 Å². The molecule has 0 aliphatic carbocycles. The molecule has 0 atom stereocenters. The van der Waals surface area contributed by atoms with E-state index in [0.29, 0.717) is 18.1 Å². The zero-order valence-electron chi connectivity index (χ0n) is 11.6. The molecule has 0 saturated carbocycles. The van der Waals surface area contributed by atoms with Crippen LogP contribution in [0.25, 0.3) is 5.69 Å². The Bertz CT molecular complexity index is 597. The van der Waals surface area contributed by atoms with Gasteiger partial charge >= 0.3 is 0 Å². The van der Waals surface area contributed by atoms with Crippen LogP contribution in [0.15, 0.2) is 24.3 Å². The van der Waals surface area contributed by atoms with Crippen molar-refractivity contribution >= 4 is 5.82 Å². The highest BCUT2D eigenvalue weighted by Gasteiger charge is 2.11. The Morgan fingerprint density at radius 3 is 2.60 bits per heavy atom. The van der Waals surface area contributed by atoms with Crippen molar-refractivity contribution in [1.29, 1.82) is 5.26 Å². The Labute approximate surface area is 118 Å². The van der Waals surface area contributed by atoms with E-state index in [1.165, 1.54) is 4.80 Å². The third kappa shape index (κ3) is 3.06. The molecule has 0 aliphatic rings. The second-order valence-electron chi connectivity index (χ2n) is 4.15. The Balaban J connectivity index is 2.24. The topological polar surface area (TPSA) is 75.8 Å². The monoisotopic (exact) mass is 271 g/mol. The van der Waals surface area contributed by atoms with Gasteiger partial charge in [-0.1, -0.05) is 6.92 Å². The molecule has 0 spiro atoms. The number of rotatable bonds is 6. The van der Waals surface area contributed by atoms with E-state index in [2.05, 4.69) is 22.4 Å². The summed E-state index contributed by atoms with van der Waals surface area (Å²) in [6, 6.07) is 9.47. The number of aromatic nitrogens is 3. The normalized spacial score (nSPS) is 10.1. The molecule has 20 heavy (non-hydrogen) atoms. The van der Waals surface area contributed by atoms with E-state index in [-0.39, 0.29) is 0 Å². The van der Waals surface area contributed by atoms with Gasteiger partial charge in [0.1, 0.15) is 11.8 Å². The molecule has 0 bridgehead atoms. The highest BCUT2D eigenvalue weighted by molar-refractivity contribution is 5.48. The highest BCUT2D eigenvalue weighted by Crippen LogP contribution is 2.16. The molecule has 6 heteroatoms. The van der Waals surface area contributed by atoms with Gasteiger partial charge in [-0.15, -0.1) is 15.0 Å². The largest absolute Gasteiger partial charge is 0.494 e. The number of nitriles is 1. The molecule has 1 aromatic carbocycles. The standard InChI is InChI=1S/C14H17N5O/c1-3-9-16-14-13(10-15)17-19(18-14)11-5-7-12(8-6-11)20-4-2/h5-8H,3-4,9H2,1-2H3,(H,16,18). The highest BCUT2D eigenvalue weighted by atomic mass is 16.5. The summed E-state index contributed by atoms with van der Waals surface area (Å²) in [5.74, 6) is 1.32. The summed E-state index contributed by atoms with van der Waals surface area (Å²) < 4.78 is 5.39. The van der Waals surface area contributed by atoms with Crippen molar-refractivity contribution in [1.82, 2.24) is 15.0 Å². The Morgan fingerprint density at radius 1 is 1.25 bits per heavy atom. The van der Waals surface area contributed by atoms with Gasteiger partial charge < -0.3 is 10.1 Å². The van der Waals surface area contributed by atoms with Crippen LogP contribution < -0.4 is 10.1 Å². The average molecular weight is 271 g/mol. The molecule has 0 amide bonds. The van der Waals surface area contributed by atoms with E-state index < -0.39 is 0 Å². The fraction of sp³-hybridized carbons (Fsp3) is 0.357. The summed E-state index contributed by atoms with van der Waals surface area (Å²) in [6.07, 6.45) is 0.959. The molecule has 0 unspecified atom stereocenters. The van der Waals surface area contributed by atoms with Crippen LogP contribution >= 0.6 is 0 Å². The van der Waals surface area contributed by atoms with Crippen LogP contribution in [0, 0.1) is 11.3 Å². The second kappa shape index (κ2) is 6.57. The molecule has 0 aliphatic heterocycles. The van der Waals surface area contributed by atoms with E-state index in [9.17, 15) is 0 Å². The van der Waals surface area contributed by atoms with Crippen molar-refractivity contribution in [2.75, 3.05) is 18.5 Å². The zero-order chi connectivity index (χ0) is 14.4. The van der Waals surface area contributed by atoms with Gasteiger partial charge in [0.2, 0.25) is 5.69 Å². The quantitative estimate of drug-likeness (QED) is 0.872. The van der Waals surface area contributed by atoms with Crippen molar-refractivity contribution in [3.05, 3.63) is 30.0 Å². The van der Waals surface area contributed by atoms with Gasteiger partial charge in [-0.25, -0.2) is 0 Å². The summed E-state index contributed by atoms with van der Waals surface area (Å²) in [6.45, 7) is 5.38. The minimum atomic E-state index is 0.298. The maximum atomic E-state index is 9.07. The maximum Gasteiger partial charge on any atom is 0.207 e. The summed E-state index contributed by atoms with van der Waals surface area (Å²) in [5, 5.41) is 20.6. The van der Waals surface area contributed by atoms with Gasteiger partial charge in [0.05, 0.1) is 12.3 Å². The smallest absolute Gasteiger partial charge is 0.207 e. The first-order valence-electron chi connectivity index (χ1n) is 6.63. The first-order valence-corrected chi connectivity index (χ1v) is 6.63. The van der Waals surface area contributed by atoms with Crippen LogP contribution in [0.4, 0.5) is 5.82 Å². The number of nitrogens with zero attached hydrogens (tertiary/aromatic N) is 4. The lowest BCUT2D eigenvalue weighted by Crippen LogP contribution is -2.03. The molecule has 2 rings (SSSR count). The summed E-state index contributed by atoms with van der Waals surface area (Å²) in [7, 11) is 0. The number of hydrogen-bond donors (Lipinski definition) is 1. The third-order valence-electron chi connectivity index (χ3n) is 2.64. The predicted octanol–water partition coefficient (Wildman–Crippen LogP) is 2.36. The first-order chi connectivity index (χ1) is 9.78. The maximum absolute atomic E-state index is 9.07. The number of hydrogen-bond acceptors (Lipinski definition) is 5. The minimum absolute atomic E-state index is 0.298. The van der Waals surface area contributed by atoms with E-state index in [1.807, 2.05) is 37.3 Å². The third-order valence-corrected chi connectivity index (χ3v) is 2.64. The molecule has 2 aromatic rings. The van der Waals surface area contributed by atoms with Crippen LogP contribution in [-0.4, -0.2) is 28.1 Å². The number of ether oxygens (including phenoxy) is 1. The predicted molar refractivity (Wildman–Crippen MR) is 76.0 cm³/mol. The van der Waals surface area contributed by atoms with Crippen molar-refractivity contribution in [3.63, 3.8) is 0 Å². The number of benzene rings is 1. The summed E-state index contributed by atoms with van der Waals surface area (Å²) in [5.41, 5.74) is 1.09. The van der Waals surface area contributed by atoms with Gasteiger partial charge in [0, 0.05) is 6.54 Å². The lowest BCUT2D eigenvalue weighted by molar-refractivity contribution is 0.340. The van der Waals surface area contributed by atoms with E-state index in [0.717, 1.165) is 24.4 Å². The second-order valence-corrected chi connectivity index (χ2v) is 4.15. The first kappa shape index (κ1) is 13.9. The minimum Gasteiger partial charge on any atom is -0.494 e. The Kier molecular flexibility index (Phi) is 4.56. The van der Waals surface area contributed by atoms with Crippen molar-refractivity contribution in [2.24, 2.45) is 0 Å². The molecular formula is C14H17N5O. The Hall–Kier alpha value is -2.55. The lowest BCUT2D eigenvalue weighted by Gasteiger charge is -2.04. The Morgan fingerprint density at radius 2 is 2.00 bits per heavy atom. The van der Waals surface area contributed by atoms with Crippen molar-refractivity contribution in [3.8, 4) is 17.5 Å². The van der Waals surface area contributed by atoms with Gasteiger partial charge in [0.25, 0.3) is 0 Å². The van der Waals surface area contributed by atoms with Crippen LogP contribution in [0.5, 0.6) is 5.75 Å². The van der Waals surface area contributed by atoms with Gasteiger partial charge in [-0.3, -0.25) is 0 Å². The van der Waals surface area contributed by atoms with Gasteiger partial charge in [-0.2, -0.15) is 5.26 Å². The van der Waals surface area contributed by atoms with E-state index in [1.54, 1.807) is 0 Å². The fourth-order valence-electron chi connectivity index (χ4n) is 1.70.